The van der Waals surface area contributed by atoms with Gasteiger partial charge in [-0.1, -0.05) is 19.1 Å². The summed E-state index contributed by atoms with van der Waals surface area (Å²) < 4.78 is 2.45. The Kier molecular flexibility index (Phi) is 3.88. The molecule has 110 valence electrons. The van der Waals surface area contributed by atoms with Crippen LogP contribution in [-0.2, 0) is 13.1 Å². The lowest BCUT2D eigenvalue weighted by Crippen LogP contribution is -2.42. The lowest BCUT2D eigenvalue weighted by Gasteiger charge is -2.21. The zero-order valence-corrected chi connectivity index (χ0v) is 12.3. The van der Waals surface area contributed by atoms with E-state index < -0.39 is 5.69 Å². The molecule has 1 aromatic heterocycles. The summed E-state index contributed by atoms with van der Waals surface area (Å²) in [7, 11) is 0. The number of hydrogen-bond donors (Lipinski definition) is 1. The molecule has 0 aromatic carbocycles. The second-order valence-corrected chi connectivity index (χ2v) is 5.47. The van der Waals surface area contributed by atoms with E-state index in [0.717, 1.165) is 18.4 Å². The van der Waals surface area contributed by atoms with E-state index in [0.29, 0.717) is 18.7 Å². The zero-order valence-electron chi connectivity index (χ0n) is 12.3. The summed E-state index contributed by atoms with van der Waals surface area (Å²) in [6.07, 6.45) is 1.82. The van der Waals surface area contributed by atoms with Crippen molar-refractivity contribution in [2.24, 2.45) is 5.92 Å². The molecule has 0 amide bonds. The van der Waals surface area contributed by atoms with Crippen LogP contribution in [0.4, 0.5) is 0 Å². The Morgan fingerprint density at radius 2 is 1.85 bits per heavy atom. The SMILES string of the molecule is C=C1CCC(C)C1c1c(O)n(CC)c(=O)n(CC)c1=O. The molecule has 0 aliphatic heterocycles. The van der Waals surface area contributed by atoms with Crippen LogP contribution in [0.2, 0.25) is 0 Å². The van der Waals surface area contributed by atoms with E-state index >= 15 is 0 Å². The van der Waals surface area contributed by atoms with Crippen LogP contribution in [-0.4, -0.2) is 14.2 Å². The van der Waals surface area contributed by atoms with Crippen molar-refractivity contribution in [3.05, 3.63) is 38.6 Å². The first-order chi connectivity index (χ1) is 9.43. The topological polar surface area (TPSA) is 64.2 Å². The van der Waals surface area contributed by atoms with Crippen LogP contribution in [0.15, 0.2) is 21.7 Å². The molecule has 0 spiro atoms. The minimum absolute atomic E-state index is 0.154. The second kappa shape index (κ2) is 5.31. The Morgan fingerprint density at radius 1 is 1.25 bits per heavy atom. The molecular formula is C15H22N2O3. The van der Waals surface area contributed by atoms with Crippen molar-refractivity contribution < 1.29 is 5.11 Å². The van der Waals surface area contributed by atoms with E-state index in [1.807, 2.05) is 0 Å². The van der Waals surface area contributed by atoms with Gasteiger partial charge in [-0.3, -0.25) is 13.9 Å². The third-order valence-corrected chi connectivity index (χ3v) is 4.31. The first-order valence-electron chi connectivity index (χ1n) is 7.18. The maximum atomic E-state index is 12.5. The van der Waals surface area contributed by atoms with E-state index in [4.69, 9.17) is 0 Å². The van der Waals surface area contributed by atoms with Gasteiger partial charge in [0.25, 0.3) is 5.56 Å². The fourth-order valence-corrected chi connectivity index (χ4v) is 3.17. The lowest BCUT2D eigenvalue weighted by molar-refractivity contribution is 0.377. The van der Waals surface area contributed by atoms with Gasteiger partial charge in [-0.25, -0.2) is 4.79 Å². The van der Waals surface area contributed by atoms with Gasteiger partial charge in [-0.2, -0.15) is 0 Å². The molecule has 2 atom stereocenters. The summed E-state index contributed by atoms with van der Waals surface area (Å²) in [5.74, 6) is -0.0833. The predicted octanol–water partition coefficient (Wildman–Crippen LogP) is 1.83. The fraction of sp³-hybridized carbons (Fsp3) is 0.600. The Labute approximate surface area is 118 Å². The highest BCUT2D eigenvalue weighted by atomic mass is 16.3. The molecule has 0 bridgehead atoms. The van der Waals surface area contributed by atoms with Crippen LogP contribution < -0.4 is 11.2 Å². The van der Waals surface area contributed by atoms with Gasteiger partial charge >= 0.3 is 5.69 Å². The zero-order chi connectivity index (χ0) is 15.0. The number of allylic oxidation sites excluding steroid dienone is 1. The second-order valence-electron chi connectivity index (χ2n) is 5.47. The molecule has 1 aliphatic rings. The minimum atomic E-state index is -0.447. The molecule has 2 rings (SSSR count). The molecule has 5 nitrogen and oxygen atoms in total. The normalized spacial score (nSPS) is 22.4. The molecule has 1 fully saturated rings. The van der Waals surface area contributed by atoms with Gasteiger partial charge in [0, 0.05) is 19.0 Å². The maximum absolute atomic E-state index is 12.5. The largest absolute Gasteiger partial charge is 0.494 e. The summed E-state index contributed by atoms with van der Waals surface area (Å²) in [5.41, 5.74) is 0.481. The molecule has 20 heavy (non-hydrogen) atoms. The predicted molar refractivity (Wildman–Crippen MR) is 78.3 cm³/mol. The molecule has 2 unspecified atom stereocenters. The van der Waals surface area contributed by atoms with Gasteiger partial charge in [0.1, 0.15) is 0 Å². The van der Waals surface area contributed by atoms with Crippen LogP contribution in [0.5, 0.6) is 5.88 Å². The molecular weight excluding hydrogens is 256 g/mol. The monoisotopic (exact) mass is 278 g/mol. The highest BCUT2D eigenvalue weighted by Crippen LogP contribution is 2.43. The molecule has 1 saturated carbocycles. The van der Waals surface area contributed by atoms with Crippen molar-refractivity contribution in [3.8, 4) is 5.88 Å². The highest BCUT2D eigenvalue weighted by Gasteiger charge is 2.34. The van der Waals surface area contributed by atoms with Crippen molar-refractivity contribution in [2.75, 3.05) is 0 Å². The molecule has 1 heterocycles. The Bertz CT molecular complexity index is 654. The molecule has 1 aliphatic carbocycles. The fourth-order valence-electron chi connectivity index (χ4n) is 3.17. The number of aromatic nitrogens is 2. The molecule has 5 heteroatoms. The van der Waals surface area contributed by atoms with Gasteiger partial charge in [-0.05, 0) is 32.6 Å². The standard InChI is InChI=1S/C15H22N2O3/c1-5-16-13(18)12(11-9(3)7-8-10(11)4)14(19)17(6-2)15(16)20/h10-11,18H,3,5-8H2,1-2,4H3. The highest BCUT2D eigenvalue weighted by molar-refractivity contribution is 5.36. The van der Waals surface area contributed by atoms with Crippen LogP contribution in [0.1, 0.15) is 45.1 Å². The Morgan fingerprint density at radius 3 is 2.30 bits per heavy atom. The van der Waals surface area contributed by atoms with Crippen LogP contribution in [0.25, 0.3) is 0 Å². The van der Waals surface area contributed by atoms with Gasteiger partial charge < -0.3 is 5.11 Å². The van der Waals surface area contributed by atoms with E-state index in [-0.39, 0.29) is 23.3 Å². The number of aromatic hydroxyl groups is 1. The number of rotatable bonds is 3. The third-order valence-electron chi connectivity index (χ3n) is 4.31. The third kappa shape index (κ3) is 2.01. The van der Waals surface area contributed by atoms with Crippen molar-refractivity contribution in [1.82, 2.24) is 9.13 Å². The molecule has 1 N–H and O–H groups in total. The summed E-state index contributed by atoms with van der Waals surface area (Å²) in [6.45, 7) is 10.3. The summed E-state index contributed by atoms with van der Waals surface area (Å²) in [4.78, 5) is 24.7. The Balaban J connectivity index is 2.79. The van der Waals surface area contributed by atoms with Crippen molar-refractivity contribution in [3.63, 3.8) is 0 Å². The first-order valence-corrected chi connectivity index (χ1v) is 7.18. The van der Waals surface area contributed by atoms with E-state index in [1.165, 1.54) is 9.13 Å². The summed E-state index contributed by atoms with van der Waals surface area (Å²) in [5, 5.41) is 10.4. The summed E-state index contributed by atoms with van der Waals surface area (Å²) in [6, 6.07) is 0. The number of hydrogen-bond acceptors (Lipinski definition) is 3. The maximum Gasteiger partial charge on any atom is 0.333 e. The Hall–Kier alpha value is -1.78. The van der Waals surface area contributed by atoms with E-state index in [1.54, 1.807) is 13.8 Å². The van der Waals surface area contributed by atoms with Crippen LogP contribution >= 0.6 is 0 Å². The average Bonchev–Trinajstić information content (AvgIpc) is 2.72. The first kappa shape index (κ1) is 14.6. The molecule has 0 radical (unpaired) electrons. The van der Waals surface area contributed by atoms with Gasteiger partial charge in [-0.15, -0.1) is 0 Å². The summed E-state index contributed by atoms with van der Waals surface area (Å²) >= 11 is 0. The average molecular weight is 278 g/mol. The van der Waals surface area contributed by atoms with Crippen LogP contribution in [0, 0.1) is 5.92 Å². The van der Waals surface area contributed by atoms with E-state index in [9.17, 15) is 14.7 Å². The van der Waals surface area contributed by atoms with Crippen molar-refractivity contribution in [1.29, 1.82) is 0 Å². The smallest absolute Gasteiger partial charge is 0.333 e. The molecule has 1 aromatic rings. The number of nitrogens with zero attached hydrogens (tertiary/aromatic N) is 2. The van der Waals surface area contributed by atoms with E-state index in [2.05, 4.69) is 13.5 Å². The van der Waals surface area contributed by atoms with Gasteiger partial charge in [0.15, 0.2) is 0 Å². The lowest BCUT2D eigenvalue weighted by atomic mass is 9.89. The van der Waals surface area contributed by atoms with Crippen molar-refractivity contribution >= 4 is 0 Å². The minimum Gasteiger partial charge on any atom is -0.494 e. The van der Waals surface area contributed by atoms with Gasteiger partial charge in [0.05, 0.1) is 5.56 Å². The van der Waals surface area contributed by atoms with Crippen molar-refractivity contribution in [2.45, 2.75) is 52.6 Å². The van der Waals surface area contributed by atoms with Gasteiger partial charge in [0.2, 0.25) is 5.88 Å². The molecule has 0 saturated heterocycles. The quantitative estimate of drug-likeness (QED) is 0.858. The van der Waals surface area contributed by atoms with Crippen LogP contribution in [0.3, 0.4) is 0 Å².